The van der Waals surface area contributed by atoms with Crippen LogP contribution >= 0.6 is 0 Å². The maximum atomic E-state index is 12.9. The van der Waals surface area contributed by atoms with Crippen LogP contribution < -0.4 is 31.0 Å². The molecular formula is C24H28N10O3. The minimum Gasteiger partial charge on any atom is -0.493 e. The van der Waals surface area contributed by atoms with E-state index in [0.717, 1.165) is 37.6 Å². The van der Waals surface area contributed by atoms with Gasteiger partial charge in [0, 0.05) is 38.7 Å². The Morgan fingerprint density at radius 3 is 2.51 bits per heavy atom. The zero-order chi connectivity index (χ0) is 25.8. The highest BCUT2D eigenvalue weighted by atomic mass is 16.5. The molecule has 1 saturated heterocycles. The Labute approximate surface area is 212 Å². The van der Waals surface area contributed by atoms with Crippen molar-refractivity contribution in [3.05, 3.63) is 70.4 Å². The summed E-state index contributed by atoms with van der Waals surface area (Å²) >= 11 is 0. The van der Waals surface area contributed by atoms with Crippen molar-refractivity contribution in [1.82, 2.24) is 39.6 Å². The molecule has 0 unspecified atom stereocenters. The number of nitrogens with two attached hydrogens (primary N) is 1. The van der Waals surface area contributed by atoms with Gasteiger partial charge in [0.25, 0.3) is 5.56 Å². The van der Waals surface area contributed by atoms with Crippen LogP contribution in [-0.2, 0) is 13.0 Å². The maximum absolute atomic E-state index is 12.9. The van der Waals surface area contributed by atoms with E-state index in [9.17, 15) is 4.79 Å². The first-order valence-electron chi connectivity index (χ1n) is 11.8. The standard InChI is InChI=1S/C24H28N10O3/c1-36-18-4-3-16(9-19(18)37-2)10-21-30-24(25)31-34(21)20-11-23(35)33(15-29-20)14-17-12-28-22(13-27-17)32-7-5-26-6-8-32/h3-4,9,11-13,15,26H,5-8,10,14H2,1-2H3,(H2,25,31). The third-order valence-corrected chi connectivity index (χ3v) is 6.05. The minimum absolute atomic E-state index is 0.0845. The molecule has 3 N–H and O–H groups in total. The van der Waals surface area contributed by atoms with Crippen LogP contribution in [0.15, 0.2) is 47.8 Å². The first-order valence-corrected chi connectivity index (χ1v) is 11.8. The highest BCUT2D eigenvalue weighted by molar-refractivity contribution is 5.44. The van der Waals surface area contributed by atoms with Crippen molar-refractivity contribution in [2.24, 2.45) is 0 Å². The van der Waals surface area contributed by atoms with Crippen LogP contribution in [0.4, 0.5) is 11.8 Å². The van der Waals surface area contributed by atoms with Gasteiger partial charge in [-0.1, -0.05) is 6.07 Å². The highest BCUT2D eigenvalue weighted by Gasteiger charge is 2.16. The Balaban J connectivity index is 1.34. The van der Waals surface area contributed by atoms with Crippen LogP contribution in [0.5, 0.6) is 11.5 Å². The summed E-state index contributed by atoms with van der Waals surface area (Å²) in [6, 6.07) is 6.97. The van der Waals surface area contributed by atoms with Crippen molar-refractivity contribution in [1.29, 1.82) is 0 Å². The molecule has 3 aromatic heterocycles. The van der Waals surface area contributed by atoms with E-state index in [1.807, 2.05) is 18.2 Å². The second-order valence-corrected chi connectivity index (χ2v) is 8.48. The van der Waals surface area contributed by atoms with E-state index >= 15 is 0 Å². The van der Waals surface area contributed by atoms with Gasteiger partial charge in [-0.15, -0.1) is 5.10 Å². The lowest BCUT2D eigenvalue weighted by atomic mass is 10.1. The van der Waals surface area contributed by atoms with Gasteiger partial charge in [-0.2, -0.15) is 9.67 Å². The van der Waals surface area contributed by atoms with Crippen LogP contribution in [0.25, 0.3) is 5.82 Å². The summed E-state index contributed by atoms with van der Waals surface area (Å²) < 4.78 is 13.6. The number of ether oxygens (including phenoxy) is 2. The van der Waals surface area contributed by atoms with E-state index in [2.05, 4.69) is 35.3 Å². The number of aromatic nitrogens is 7. The molecule has 1 fully saturated rings. The van der Waals surface area contributed by atoms with Gasteiger partial charge in [0.15, 0.2) is 17.3 Å². The molecule has 0 amide bonds. The van der Waals surface area contributed by atoms with Gasteiger partial charge in [0.2, 0.25) is 5.95 Å². The third kappa shape index (κ3) is 5.35. The molecule has 4 heterocycles. The molecule has 37 heavy (non-hydrogen) atoms. The predicted molar refractivity (Wildman–Crippen MR) is 136 cm³/mol. The quantitative estimate of drug-likeness (QED) is 0.340. The molecular weight excluding hydrogens is 476 g/mol. The van der Waals surface area contributed by atoms with Gasteiger partial charge < -0.3 is 25.4 Å². The zero-order valence-electron chi connectivity index (χ0n) is 20.7. The molecule has 1 aromatic carbocycles. The fourth-order valence-corrected chi connectivity index (χ4v) is 4.15. The monoisotopic (exact) mass is 504 g/mol. The number of piperazine rings is 1. The van der Waals surface area contributed by atoms with Gasteiger partial charge in [-0.05, 0) is 17.7 Å². The van der Waals surface area contributed by atoms with Gasteiger partial charge in [-0.25, -0.2) is 9.97 Å². The lowest BCUT2D eigenvalue weighted by Gasteiger charge is -2.28. The fraction of sp³-hybridized carbons (Fsp3) is 0.333. The number of anilines is 2. The average Bonchev–Trinajstić information content (AvgIpc) is 3.30. The molecule has 13 nitrogen and oxygen atoms in total. The van der Waals surface area contributed by atoms with Crippen LogP contribution in [0.2, 0.25) is 0 Å². The molecule has 0 aliphatic carbocycles. The third-order valence-electron chi connectivity index (χ3n) is 6.05. The summed E-state index contributed by atoms with van der Waals surface area (Å²) in [5.74, 6) is 2.99. The van der Waals surface area contributed by atoms with E-state index in [0.29, 0.717) is 35.3 Å². The molecule has 13 heteroatoms. The smallest absolute Gasteiger partial charge is 0.255 e. The highest BCUT2D eigenvalue weighted by Crippen LogP contribution is 2.28. The summed E-state index contributed by atoms with van der Waals surface area (Å²) in [7, 11) is 3.16. The molecule has 1 aliphatic heterocycles. The number of rotatable bonds is 8. The molecule has 4 aromatic rings. The van der Waals surface area contributed by atoms with Gasteiger partial charge in [-0.3, -0.25) is 14.3 Å². The number of methoxy groups -OCH3 is 2. The first-order chi connectivity index (χ1) is 18.0. The predicted octanol–water partition coefficient (Wildman–Crippen LogP) is 0.262. The van der Waals surface area contributed by atoms with Gasteiger partial charge in [0.1, 0.15) is 18.0 Å². The Morgan fingerprint density at radius 1 is 1.00 bits per heavy atom. The number of hydrogen-bond acceptors (Lipinski definition) is 11. The molecule has 0 saturated carbocycles. The number of nitrogens with one attached hydrogen (secondary N) is 1. The lowest BCUT2D eigenvalue weighted by Crippen LogP contribution is -2.43. The maximum Gasteiger partial charge on any atom is 0.255 e. The lowest BCUT2D eigenvalue weighted by molar-refractivity contribution is 0.354. The molecule has 0 atom stereocenters. The summed E-state index contributed by atoms with van der Waals surface area (Å²) in [6.45, 7) is 3.87. The number of nitrogens with zero attached hydrogens (tertiary/aromatic N) is 8. The van der Waals surface area contributed by atoms with E-state index in [1.165, 1.54) is 21.6 Å². The molecule has 1 aliphatic rings. The Kier molecular flexibility index (Phi) is 6.94. The van der Waals surface area contributed by atoms with Crippen molar-refractivity contribution in [2.45, 2.75) is 13.0 Å². The van der Waals surface area contributed by atoms with E-state index < -0.39 is 0 Å². The van der Waals surface area contributed by atoms with E-state index in [-0.39, 0.29) is 18.1 Å². The largest absolute Gasteiger partial charge is 0.493 e. The Morgan fingerprint density at radius 2 is 1.81 bits per heavy atom. The average molecular weight is 505 g/mol. The number of nitrogen functional groups attached to an aromatic ring is 1. The second kappa shape index (κ2) is 10.6. The van der Waals surface area contributed by atoms with Crippen molar-refractivity contribution >= 4 is 11.8 Å². The van der Waals surface area contributed by atoms with Crippen LogP contribution in [0.3, 0.4) is 0 Å². The topological polar surface area (TPSA) is 151 Å². The second-order valence-electron chi connectivity index (χ2n) is 8.48. The zero-order valence-corrected chi connectivity index (χ0v) is 20.7. The normalized spacial score (nSPS) is 13.5. The molecule has 0 bridgehead atoms. The summed E-state index contributed by atoms with van der Waals surface area (Å²) in [6.07, 6.45) is 5.29. The Bertz CT molecular complexity index is 1430. The Hall–Kier alpha value is -4.52. The van der Waals surface area contributed by atoms with Crippen LogP contribution in [0.1, 0.15) is 17.1 Å². The van der Waals surface area contributed by atoms with Crippen molar-refractivity contribution in [3.63, 3.8) is 0 Å². The summed E-state index contributed by atoms with van der Waals surface area (Å²) in [5, 5.41) is 7.56. The van der Waals surface area contributed by atoms with E-state index in [1.54, 1.807) is 26.6 Å². The summed E-state index contributed by atoms with van der Waals surface area (Å²) in [4.78, 5) is 32.8. The molecule has 0 spiro atoms. The summed E-state index contributed by atoms with van der Waals surface area (Å²) in [5.41, 5.74) is 7.19. The fourth-order valence-electron chi connectivity index (χ4n) is 4.15. The number of hydrogen-bond donors (Lipinski definition) is 2. The van der Waals surface area contributed by atoms with Crippen molar-refractivity contribution in [3.8, 4) is 17.3 Å². The van der Waals surface area contributed by atoms with Crippen molar-refractivity contribution < 1.29 is 9.47 Å². The van der Waals surface area contributed by atoms with Crippen LogP contribution in [-0.4, -0.2) is 74.7 Å². The van der Waals surface area contributed by atoms with E-state index in [4.69, 9.17) is 15.2 Å². The van der Waals surface area contributed by atoms with Gasteiger partial charge in [0.05, 0.1) is 38.9 Å². The van der Waals surface area contributed by atoms with Gasteiger partial charge >= 0.3 is 0 Å². The molecule has 192 valence electrons. The van der Waals surface area contributed by atoms with Crippen molar-refractivity contribution in [2.75, 3.05) is 51.0 Å². The van der Waals surface area contributed by atoms with Crippen LogP contribution in [0, 0.1) is 0 Å². The molecule has 0 radical (unpaired) electrons. The number of benzene rings is 1. The minimum atomic E-state index is -0.260. The SMILES string of the molecule is COc1ccc(Cc2nc(N)nn2-c2cc(=O)n(Cc3cnc(N4CCNCC4)cn3)cn2)cc1OC. The molecule has 5 rings (SSSR count). The first kappa shape index (κ1) is 24.2.